The van der Waals surface area contributed by atoms with Crippen molar-refractivity contribution in [3.05, 3.63) is 186 Å². The smallest absolute Gasteiger partial charge is 0.0467 e. The van der Waals surface area contributed by atoms with Crippen molar-refractivity contribution in [2.24, 2.45) is 5.92 Å². The maximum atomic E-state index is 2.39. The SMILES string of the molecule is CC1C=c2ccc(-c3ccc(N(c4ccc(-c5cc6ccccc6c6ccccc56)cc4)c4cccc(-c5ccccc5)c4)cc3)cc2=CC1. The van der Waals surface area contributed by atoms with Gasteiger partial charge in [-0.2, -0.15) is 0 Å². The van der Waals surface area contributed by atoms with Crippen LogP contribution in [0.4, 0.5) is 17.1 Å². The fourth-order valence-corrected chi connectivity index (χ4v) is 7.56. The molecule has 0 fully saturated rings. The van der Waals surface area contributed by atoms with Gasteiger partial charge >= 0.3 is 0 Å². The monoisotopic (exact) mass is 639 g/mol. The van der Waals surface area contributed by atoms with E-state index in [1.54, 1.807) is 0 Å². The third-order valence-corrected chi connectivity index (χ3v) is 10.1. The Bertz CT molecular complexity index is 2620. The van der Waals surface area contributed by atoms with E-state index in [0.29, 0.717) is 5.92 Å². The Morgan fingerprint density at radius 1 is 0.420 bits per heavy atom. The number of nitrogens with zero attached hydrogens (tertiary/aromatic N) is 1. The molecule has 0 bridgehead atoms. The Morgan fingerprint density at radius 2 is 1.02 bits per heavy atom. The van der Waals surface area contributed by atoms with Crippen LogP contribution in [0.5, 0.6) is 0 Å². The standard InChI is InChI=1S/C49H37N/c1-34-18-19-41-31-40(21-20-39(41)30-34)36-22-26-43(27-23-36)50(45-14-9-13-38(32-45)35-10-3-2-4-11-35)44-28-24-37(25-29-44)49-33-42-12-5-6-15-46(42)47-16-7-8-17-48(47)49/h2-17,19-34H,18H2,1H3. The molecule has 50 heavy (non-hydrogen) atoms. The van der Waals surface area contributed by atoms with E-state index in [2.05, 4.69) is 200 Å². The van der Waals surface area contributed by atoms with Gasteiger partial charge in [-0.05, 0) is 126 Å². The molecule has 0 N–H and O–H groups in total. The molecule has 0 heterocycles. The number of benzene rings is 8. The van der Waals surface area contributed by atoms with E-state index in [9.17, 15) is 0 Å². The molecular formula is C49H37N. The zero-order valence-corrected chi connectivity index (χ0v) is 28.1. The van der Waals surface area contributed by atoms with E-state index in [1.165, 1.54) is 65.4 Å². The van der Waals surface area contributed by atoms with Crippen LogP contribution in [-0.2, 0) is 0 Å². The number of hydrogen-bond donors (Lipinski definition) is 0. The maximum absolute atomic E-state index is 2.39. The lowest BCUT2D eigenvalue weighted by Crippen LogP contribution is -2.28. The summed E-state index contributed by atoms with van der Waals surface area (Å²) in [5.74, 6) is 0.597. The molecule has 238 valence electrons. The van der Waals surface area contributed by atoms with Crippen molar-refractivity contribution in [2.45, 2.75) is 13.3 Å². The predicted molar refractivity (Wildman–Crippen MR) is 214 cm³/mol. The molecular weight excluding hydrogens is 603 g/mol. The first-order valence-corrected chi connectivity index (χ1v) is 17.6. The van der Waals surface area contributed by atoms with Crippen molar-refractivity contribution in [3.63, 3.8) is 0 Å². The zero-order chi connectivity index (χ0) is 33.4. The first kappa shape index (κ1) is 29.9. The molecule has 0 saturated carbocycles. The van der Waals surface area contributed by atoms with Crippen LogP contribution in [0.2, 0.25) is 0 Å². The van der Waals surface area contributed by atoms with E-state index in [1.807, 2.05) is 0 Å². The highest BCUT2D eigenvalue weighted by atomic mass is 15.1. The molecule has 8 aromatic carbocycles. The summed E-state index contributed by atoms with van der Waals surface area (Å²) in [5, 5.41) is 7.78. The number of rotatable bonds is 6. The van der Waals surface area contributed by atoms with Crippen LogP contribution in [0.1, 0.15) is 13.3 Å². The first-order chi connectivity index (χ1) is 24.7. The van der Waals surface area contributed by atoms with Gasteiger partial charge in [0.2, 0.25) is 0 Å². The topological polar surface area (TPSA) is 3.24 Å². The summed E-state index contributed by atoms with van der Waals surface area (Å²) in [5.41, 5.74) is 10.7. The lowest BCUT2D eigenvalue weighted by Gasteiger charge is -2.26. The summed E-state index contributed by atoms with van der Waals surface area (Å²) < 4.78 is 0. The summed E-state index contributed by atoms with van der Waals surface area (Å²) >= 11 is 0. The van der Waals surface area contributed by atoms with Crippen molar-refractivity contribution in [1.29, 1.82) is 0 Å². The van der Waals surface area contributed by atoms with Gasteiger partial charge in [0.05, 0.1) is 0 Å². The minimum atomic E-state index is 0.597. The minimum Gasteiger partial charge on any atom is -0.310 e. The fraction of sp³-hybridized carbons (Fsp3) is 0.0612. The van der Waals surface area contributed by atoms with E-state index in [0.717, 1.165) is 23.5 Å². The van der Waals surface area contributed by atoms with Crippen molar-refractivity contribution in [3.8, 4) is 33.4 Å². The van der Waals surface area contributed by atoms with Gasteiger partial charge in [-0.25, -0.2) is 0 Å². The van der Waals surface area contributed by atoms with Crippen LogP contribution in [0.15, 0.2) is 176 Å². The summed E-state index contributed by atoms with van der Waals surface area (Å²) in [6, 6.07) is 64.2. The molecule has 8 aromatic rings. The van der Waals surface area contributed by atoms with Gasteiger partial charge in [-0.15, -0.1) is 0 Å². The van der Waals surface area contributed by atoms with Crippen molar-refractivity contribution < 1.29 is 0 Å². The molecule has 9 rings (SSSR count). The highest BCUT2D eigenvalue weighted by Crippen LogP contribution is 2.40. The molecule has 1 atom stereocenters. The molecule has 1 nitrogen and oxygen atoms in total. The number of anilines is 3. The van der Waals surface area contributed by atoms with Crippen LogP contribution in [-0.4, -0.2) is 0 Å². The summed E-state index contributed by atoms with van der Waals surface area (Å²) in [7, 11) is 0. The zero-order valence-electron chi connectivity index (χ0n) is 28.1. The highest BCUT2D eigenvalue weighted by Gasteiger charge is 2.16. The average molecular weight is 640 g/mol. The van der Waals surface area contributed by atoms with Crippen LogP contribution >= 0.6 is 0 Å². The third-order valence-electron chi connectivity index (χ3n) is 10.1. The van der Waals surface area contributed by atoms with Gasteiger partial charge in [-0.1, -0.05) is 146 Å². The second kappa shape index (κ2) is 12.7. The Morgan fingerprint density at radius 3 is 1.80 bits per heavy atom. The molecule has 0 amide bonds. The van der Waals surface area contributed by atoms with Crippen LogP contribution < -0.4 is 15.3 Å². The largest absolute Gasteiger partial charge is 0.310 e. The second-order valence-electron chi connectivity index (χ2n) is 13.5. The lowest BCUT2D eigenvalue weighted by atomic mass is 9.93. The summed E-state index contributed by atoms with van der Waals surface area (Å²) in [6.07, 6.45) is 5.86. The van der Waals surface area contributed by atoms with E-state index in [4.69, 9.17) is 0 Å². The van der Waals surface area contributed by atoms with Gasteiger partial charge in [-0.3, -0.25) is 0 Å². The van der Waals surface area contributed by atoms with Crippen molar-refractivity contribution >= 4 is 50.8 Å². The normalized spacial score (nSPS) is 13.7. The molecule has 0 saturated heterocycles. The Hall–Kier alpha value is -6.18. The molecule has 0 aromatic heterocycles. The Balaban J connectivity index is 1.14. The lowest BCUT2D eigenvalue weighted by molar-refractivity contribution is 0.800. The predicted octanol–water partition coefficient (Wildman–Crippen LogP) is 12.1. The van der Waals surface area contributed by atoms with Gasteiger partial charge in [0.15, 0.2) is 0 Å². The molecule has 0 spiro atoms. The van der Waals surface area contributed by atoms with E-state index >= 15 is 0 Å². The molecule has 0 radical (unpaired) electrons. The molecule has 1 aliphatic carbocycles. The summed E-state index contributed by atoms with van der Waals surface area (Å²) in [4.78, 5) is 2.37. The van der Waals surface area contributed by atoms with Gasteiger partial charge in [0.1, 0.15) is 0 Å². The van der Waals surface area contributed by atoms with Gasteiger partial charge < -0.3 is 4.90 Å². The highest BCUT2D eigenvalue weighted by molar-refractivity contribution is 6.13. The Kier molecular flexibility index (Phi) is 7.59. The van der Waals surface area contributed by atoms with Gasteiger partial charge in [0, 0.05) is 17.1 Å². The fourth-order valence-electron chi connectivity index (χ4n) is 7.56. The number of fused-ring (bicyclic) bond motifs is 4. The molecule has 1 unspecified atom stereocenters. The third kappa shape index (κ3) is 5.57. The van der Waals surface area contributed by atoms with Crippen molar-refractivity contribution in [1.82, 2.24) is 0 Å². The van der Waals surface area contributed by atoms with E-state index in [-0.39, 0.29) is 0 Å². The van der Waals surface area contributed by atoms with Gasteiger partial charge in [0.25, 0.3) is 0 Å². The maximum Gasteiger partial charge on any atom is 0.0467 e. The minimum absolute atomic E-state index is 0.597. The van der Waals surface area contributed by atoms with Crippen LogP contribution in [0, 0.1) is 5.92 Å². The van der Waals surface area contributed by atoms with Crippen molar-refractivity contribution in [2.75, 3.05) is 4.90 Å². The van der Waals surface area contributed by atoms with E-state index < -0.39 is 0 Å². The van der Waals surface area contributed by atoms with Crippen LogP contribution in [0.3, 0.4) is 0 Å². The molecule has 0 aliphatic heterocycles. The average Bonchev–Trinajstić information content (AvgIpc) is 3.18. The Labute approximate surface area is 293 Å². The molecule has 1 heteroatoms. The quantitative estimate of drug-likeness (QED) is 0.164. The summed E-state index contributed by atoms with van der Waals surface area (Å²) in [6.45, 7) is 2.28. The number of hydrogen-bond acceptors (Lipinski definition) is 1. The second-order valence-corrected chi connectivity index (χ2v) is 13.5. The molecule has 1 aliphatic rings. The van der Waals surface area contributed by atoms with Crippen LogP contribution in [0.25, 0.3) is 67.1 Å². The first-order valence-electron chi connectivity index (χ1n) is 17.6.